The van der Waals surface area contributed by atoms with Crippen molar-refractivity contribution in [2.24, 2.45) is 0 Å². The molecular formula is C12H8B2O. The van der Waals surface area contributed by atoms with Gasteiger partial charge in [0.1, 0.15) is 7.85 Å². The lowest BCUT2D eigenvalue weighted by Crippen LogP contribution is -2.01. The second kappa shape index (κ2) is 3.93. The quantitative estimate of drug-likeness (QED) is 0.516. The lowest BCUT2D eigenvalue weighted by Gasteiger charge is -2.02. The first kappa shape index (κ1) is 10.0. The number of hydrogen-bond acceptors (Lipinski definition) is 1. The van der Waals surface area contributed by atoms with Gasteiger partial charge >= 0.3 is 0 Å². The molecule has 0 heterocycles. The smallest absolute Gasteiger partial charge is 0.154 e. The molecule has 0 aromatic heterocycles. The van der Waals surface area contributed by atoms with E-state index < -0.39 is 0 Å². The standard InChI is InChI=1S/C12H8B2O/c13-7-12(15)10-2-1-9-6-11(14)4-3-8(9)5-10/h1-6H,7H2. The van der Waals surface area contributed by atoms with Gasteiger partial charge in [-0.25, -0.2) is 0 Å². The zero-order valence-corrected chi connectivity index (χ0v) is 8.23. The molecule has 4 radical (unpaired) electrons. The fraction of sp³-hybridized carbons (Fsp3) is 0.0833. The highest BCUT2D eigenvalue weighted by Gasteiger charge is 2.03. The molecule has 3 heteroatoms. The van der Waals surface area contributed by atoms with Gasteiger partial charge in [0.05, 0.1) is 7.85 Å². The normalized spacial score (nSPS) is 10.4. The molecule has 0 fully saturated rings. The summed E-state index contributed by atoms with van der Waals surface area (Å²) < 4.78 is 0. The molecule has 0 saturated heterocycles. The first-order valence-corrected chi connectivity index (χ1v) is 4.73. The lowest BCUT2D eigenvalue weighted by molar-refractivity contribution is 0.101. The van der Waals surface area contributed by atoms with Crippen molar-refractivity contribution in [2.45, 2.75) is 6.32 Å². The summed E-state index contributed by atoms with van der Waals surface area (Å²) in [5, 5.41) is 2.03. The van der Waals surface area contributed by atoms with Gasteiger partial charge in [-0.15, -0.1) is 0 Å². The van der Waals surface area contributed by atoms with Crippen LogP contribution in [-0.2, 0) is 0 Å². The van der Waals surface area contributed by atoms with E-state index in [0.29, 0.717) is 5.56 Å². The zero-order chi connectivity index (χ0) is 10.8. The summed E-state index contributed by atoms with van der Waals surface area (Å²) in [6, 6.07) is 11.1. The van der Waals surface area contributed by atoms with Gasteiger partial charge < -0.3 is 0 Å². The number of carbonyl (C=O) groups is 1. The Hall–Kier alpha value is -1.50. The Morgan fingerprint density at radius 1 is 1.07 bits per heavy atom. The van der Waals surface area contributed by atoms with Gasteiger partial charge in [0.25, 0.3) is 0 Å². The third kappa shape index (κ3) is 1.96. The third-order valence-corrected chi connectivity index (χ3v) is 2.37. The molecule has 1 nitrogen and oxygen atoms in total. The summed E-state index contributed by atoms with van der Waals surface area (Å²) in [5.41, 5.74) is 1.37. The molecule has 0 atom stereocenters. The van der Waals surface area contributed by atoms with E-state index in [1.54, 1.807) is 6.07 Å². The Labute approximate surface area is 91.3 Å². The molecule has 68 valence electrons. The van der Waals surface area contributed by atoms with Crippen molar-refractivity contribution in [3.63, 3.8) is 0 Å². The molecular weight excluding hydrogens is 182 g/mol. The summed E-state index contributed by atoms with van der Waals surface area (Å²) in [6.45, 7) is 0. The number of benzene rings is 2. The van der Waals surface area contributed by atoms with E-state index in [1.807, 2.05) is 30.3 Å². The molecule has 0 saturated carbocycles. The first-order valence-electron chi connectivity index (χ1n) is 4.73. The fourth-order valence-electron chi connectivity index (χ4n) is 1.56. The Morgan fingerprint density at radius 3 is 2.47 bits per heavy atom. The molecule has 0 aliphatic carbocycles. The van der Waals surface area contributed by atoms with E-state index in [9.17, 15) is 4.79 Å². The minimum absolute atomic E-state index is 0.0421. The number of Topliss-reactive ketones (excluding diaryl/α,β-unsaturated/α-hetero) is 1. The second-order valence-corrected chi connectivity index (χ2v) is 3.45. The molecule has 2 aromatic rings. The molecule has 0 N–H and O–H groups in total. The molecule has 0 spiro atoms. The van der Waals surface area contributed by atoms with Gasteiger partial charge in [0, 0.05) is 5.56 Å². The van der Waals surface area contributed by atoms with Crippen LogP contribution in [0.1, 0.15) is 10.4 Å². The maximum Gasteiger partial charge on any atom is 0.154 e. The zero-order valence-electron chi connectivity index (χ0n) is 8.23. The highest BCUT2D eigenvalue weighted by molar-refractivity contribution is 6.33. The first-order chi connectivity index (χ1) is 7.20. The molecule has 15 heavy (non-hydrogen) atoms. The molecule has 0 bridgehead atoms. The highest BCUT2D eigenvalue weighted by atomic mass is 16.1. The van der Waals surface area contributed by atoms with Crippen LogP contribution in [0.2, 0.25) is 6.32 Å². The van der Waals surface area contributed by atoms with Gasteiger partial charge in [-0.1, -0.05) is 35.8 Å². The number of rotatable bonds is 2. The number of fused-ring (bicyclic) bond motifs is 1. The monoisotopic (exact) mass is 190 g/mol. The summed E-state index contributed by atoms with van der Waals surface area (Å²) in [6.07, 6.45) is 0.0421. The maximum atomic E-state index is 11.4. The van der Waals surface area contributed by atoms with Crippen molar-refractivity contribution in [1.29, 1.82) is 0 Å². The van der Waals surface area contributed by atoms with Crippen LogP contribution in [0, 0.1) is 0 Å². The van der Waals surface area contributed by atoms with E-state index in [2.05, 4.69) is 0 Å². The van der Waals surface area contributed by atoms with E-state index in [4.69, 9.17) is 15.7 Å². The summed E-state index contributed by atoms with van der Waals surface area (Å²) >= 11 is 0. The van der Waals surface area contributed by atoms with Crippen molar-refractivity contribution < 1.29 is 4.79 Å². The lowest BCUT2D eigenvalue weighted by atomic mass is 9.91. The minimum Gasteiger partial charge on any atom is -0.295 e. The molecule has 0 aliphatic heterocycles. The van der Waals surface area contributed by atoms with Crippen molar-refractivity contribution >= 4 is 37.7 Å². The van der Waals surface area contributed by atoms with Crippen LogP contribution in [0.25, 0.3) is 10.8 Å². The van der Waals surface area contributed by atoms with Crippen LogP contribution in [0.15, 0.2) is 36.4 Å². The van der Waals surface area contributed by atoms with Crippen LogP contribution in [-0.4, -0.2) is 21.5 Å². The predicted octanol–water partition coefficient (Wildman–Crippen LogP) is 1.40. The van der Waals surface area contributed by atoms with Crippen LogP contribution in [0.3, 0.4) is 0 Å². The van der Waals surface area contributed by atoms with Gasteiger partial charge in [-0.3, -0.25) is 4.79 Å². The average Bonchev–Trinajstić information content (AvgIpc) is 2.27. The Kier molecular flexibility index (Phi) is 2.63. The van der Waals surface area contributed by atoms with E-state index in [1.165, 1.54) is 0 Å². The van der Waals surface area contributed by atoms with Gasteiger partial charge in [-0.05, 0) is 23.2 Å². The van der Waals surface area contributed by atoms with E-state index >= 15 is 0 Å². The number of hydrogen-bond donors (Lipinski definition) is 0. The second-order valence-electron chi connectivity index (χ2n) is 3.45. The summed E-state index contributed by atoms with van der Waals surface area (Å²) in [7, 11) is 11.0. The SMILES string of the molecule is [B]CC(=O)c1ccc2cc([B])ccc2c1. The van der Waals surface area contributed by atoms with Gasteiger partial charge in [0.2, 0.25) is 0 Å². The van der Waals surface area contributed by atoms with E-state index in [0.717, 1.165) is 16.2 Å². The molecule has 2 rings (SSSR count). The molecule has 2 aromatic carbocycles. The number of carbonyl (C=O) groups excluding carboxylic acids is 1. The Balaban J connectivity index is 2.57. The Bertz CT molecular complexity index is 520. The maximum absolute atomic E-state index is 11.4. The third-order valence-electron chi connectivity index (χ3n) is 2.37. The van der Waals surface area contributed by atoms with Crippen LogP contribution in [0.5, 0.6) is 0 Å². The van der Waals surface area contributed by atoms with Gasteiger partial charge in [-0.2, -0.15) is 0 Å². The predicted molar refractivity (Wildman–Crippen MR) is 64.2 cm³/mol. The molecule has 0 unspecified atom stereocenters. The topological polar surface area (TPSA) is 17.1 Å². The van der Waals surface area contributed by atoms with Crippen molar-refractivity contribution in [1.82, 2.24) is 0 Å². The highest BCUT2D eigenvalue weighted by Crippen LogP contribution is 2.15. The number of ketones is 1. The van der Waals surface area contributed by atoms with Crippen LogP contribution in [0.4, 0.5) is 0 Å². The minimum atomic E-state index is -0.0475. The molecule has 0 aliphatic rings. The largest absolute Gasteiger partial charge is 0.295 e. The molecule has 0 amide bonds. The summed E-state index contributed by atoms with van der Waals surface area (Å²) in [4.78, 5) is 11.4. The average molecular weight is 190 g/mol. The Morgan fingerprint density at radius 2 is 1.73 bits per heavy atom. The summed E-state index contributed by atoms with van der Waals surface area (Å²) in [5.74, 6) is -0.0475. The van der Waals surface area contributed by atoms with Crippen molar-refractivity contribution in [2.75, 3.05) is 0 Å². The fourth-order valence-corrected chi connectivity index (χ4v) is 1.56. The van der Waals surface area contributed by atoms with E-state index in [-0.39, 0.29) is 12.1 Å². The van der Waals surface area contributed by atoms with Gasteiger partial charge in [0.15, 0.2) is 5.78 Å². The van der Waals surface area contributed by atoms with Crippen LogP contribution < -0.4 is 5.46 Å². The van der Waals surface area contributed by atoms with Crippen molar-refractivity contribution in [3.8, 4) is 0 Å². The van der Waals surface area contributed by atoms with Crippen molar-refractivity contribution in [3.05, 3.63) is 42.0 Å². The van der Waals surface area contributed by atoms with Crippen LogP contribution >= 0.6 is 0 Å².